The van der Waals surface area contributed by atoms with Crippen LogP contribution in [0.3, 0.4) is 0 Å². The van der Waals surface area contributed by atoms with E-state index < -0.39 is 33.6 Å². The molecule has 0 spiro atoms. The van der Waals surface area contributed by atoms with Crippen LogP contribution >= 0.6 is 0 Å². The number of aliphatic hydroxyl groups excluding tert-OH is 1. The number of methoxy groups -OCH3 is 1. The quantitative estimate of drug-likeness (QED) is 0.257. The van der Waals surface area contributed by atoms with E-state index in [0.717, 1.165) is 17.7 Å². The number of hydrogen-bond acceptors (Lipinski definition) is 7. The van der Waals surface area contributed by atoms with Gasteiger partial charge in [0.05, 0.1) is 12.0 Å². The highest BCUT2D eigenvalue weighted by Crippen LogP contribution is 2.38. The Morgan fingerprint density at radius 1 is 1.32 bits per heavy atom. The zero-order chi connectivity index (χ0) is 20.8. The van der Waals surface area contributed by atoms with Crippen LogP contribution in [0.4, 0.5) is 5.69 Å². The number of aliphatic hydroxyl groups is 1. The number of amides is 1. The van der Waals surface area contributed by atoms with Crippen LogP contribution in [0, 0.1) is 21.4 Å². The Kier molecular flexibility index (Phi) is 6.18. The lowest BCUT2D eigenvalue weighted by molar-refractivity contribution is -0.386. The minimum Gasteiger partial charge on any atom is -0.506 e. The van der Waals surface area contributed by atoms with Crippen LogP contribution in [0.1, 0.15) is 11.1 Å². The maximum atomic E-state index is 12.6. The average molecular weight is 383 g/mol. The van der Waals surface area contributed by atoms with Gasteiger partial charge in [0.15, 0.2) is 11.3 Å². The second kappa shape index (κ2) is 8.55. The first-order valence-electron chi connectivity index (χ1n) is 7.98. The second-order valence-electron chi connectivity index (χ2n) is 5.79. The normalized spacial score (nSPS) is 11.2. The summed E-state index contributed by atoms with van der Waals surface area (Å²) in [5, 5.41) is 40.7. The molecule has 2 aromatic carbocycles. The first kappa shape index (κ1) is 20.3. The third-order valence-corrected chi connectivity index (χ3v) is 3.92. The molecule has 2 aromatic rings. The summed E-state index contributed by atoms with van der Waals surface area (Å²) in [5.41, 5.74) is -0.722. The fourth-order valence-electron chi connectivity index (χ4n) is 2.49. The number of rotatable bonds is 6. The SMILES string of the molecule is COc1cc(/C(O)=C(\C#N)C(=O)N(C)Cc2ccccc2)cc([N+](=O)[O-])c1O. The van der Waals surface area contributed by atoms with Crippen molar-refractivity contribution in [2.45, 2.75) is 6.54 Å². The second-order valence-corrected chi connectivity index (χ2v) is 5.79. The number of nitro groups is 1. The minimum absolute atomic E-state index is 0.192. The number of nitro benzene ring substituents is 1. The maximum Gasteiger partial charge on any atom is 0.315 e. The molecule has 0 atom stereocenters. The highest BCUT2D eigenvalue weighted by atomic mass is 16.6. The number of nitrogens with zero attached hydrogens (tertiary/aromatic N) is 3. The molecule has 0 aliphatic heterocycles. The Morgan fingerprint density at radius 3 is 2.50 bits per heavy atom. The smallest absolute Gasteiger partial charge is 0.315 e. The summed E-state index contributed by atoms with van der Waals surface area (Å²) >= 11 is 0. The van der Waals surface area contributed by atoms with Gasteiger partial charge < -0.3 is 19.8 Å². The first-order valence-corrected chi connectivity index (χ1v) is 7.98. The fraction of sp³-hybridized carbons (Fsp3) is 0.158. The summed E-state index contributed by atoms with van der Waals surface area (Å²) in [6.07, 6.45) is 0. The van der Waals surface area contributed by atoms with Crippen molar-refractivity contribution in [2.24, 2.45) is 0 Å². The van der Waals surface area contributed by atoms with Crippen LogP contribution in [0.5, 0.6) is 11.5 Å². The van der Waals surface area contributed by atoms with E-state index in [4.69, 9.17) is 4.74 Å². The van der Waals surface area contributed by atoms with Crippen LogP contribution < -0.4 is 4.74 Å². The summed E-state index contributed by atoms with van der Waals surface area (Å²) in [5.74, 6) is -2.53. The van der Waals surface area contributed by atoms with Crippen molar-refractivity contribution >= 4 is 17.4 Å². The topological polar surface area (TPSA) is 137 Å². The highest BCUT2D eigenvalue weighted by Gasteiger charge is 2.25. The van der Waals surface area contributed by atoms with E-state index in [1.54, 1.807) is 30.3 Å². The number of benzene rings is 2. The van der Waals surface area contributed by atoms with Crippen LogP contribution in [-0.4, -0.2) is 40.1 Å². The summed E-state index contributed by atoms with van der Waals surface area (Å²) in [7, 11) is 2.63. The maximum absolute atomic E-state index is 12.6. The van der Waals surface area contributed by atoms with E-state index in [2.05, 4.69) is 0 Å². The Hall–Kier alpha value is -4.06. The number of nitriles is 1. The average Bonchev–Trinajstić information content (AvgIpc) is 2.68. The number of ether oxygens (including phenoxy) is 1. The molecule has 9 nitrogen and oxygen atoms in total. The van der Waals surface area contributed by atoms with E-state index in [-0.39, 0.29) is 17.9 Å². The van der Waals surface area contributed by atoms with Crippen molar-refractivity contribution in [1.82, 2.24) is 4.90 Å². The molecular weight excluding hydrogens is 366 g/mol. The van der Waals surface area contributed by atoms with Crippen molar-refractivity contribution in [1.29, 1.82) is 5.26 Å². The van der Waals surface area contributed by atoms with Gasteiger partial charge in [0, 0.05) is 25.2 Å². The van der Waals surface area contributed by atoms with Crippen molar-refractivity contribution < 1.29 is 24.7 Å². The largest absolute Gasteiger partial charge is 0.506 e. The van der Waals surface area contributed by atoms with Gasteiger partial charge in [-0.1, -0.05) is 30.3 Å². The lowest BCUT2D eigenvalue weighted by Crippen LogP contribution is -2.28. The number of carbonyl (C=O) groups is 1. The molecule has 28 heavy (non-hydrogen) atoms. The van der Waals surface area contributed by atoms with Crippen LogP contribution in [0.25, 0.3) is 5.76 Å². The molecule has 0 aliphatic rings. The monoisotopic (exact) mass is 383 g/mol. The van der Waals surface area contributed by atoms with E-state index in [9.17, 15) is 30.4 Å². The van der Waals surface area contributed by atoms with Gasteiger partial charge in [0.1, 0.15) is 11.8 Å². The fourth-order valence-corrected chi connectivity index (χ4v) is 2.49. The minimum atomic E-state index is -0.871. The van der Waals surface area contributed by atoms with Crippen LogP contribution in [-0.2, 0) is 11.3 Å². The van der Waals surface area contributed by atoms with Gasteiger partial charge in [-0.3, -0.25) is 14.9 Å². The summed E-state index contributed by atoms with van der Waals surface area (Å²) in [6, 6.07) is 12.6. The Balaban J connectivity index is 2.45. The van der Waals surface area contributed by atoms with E-state index in [0.29, 0.717) is 0 Å². The van der Waals surface area contributed by atoms with E-state index in [1.165, 1.54) is 19.1 Å². The van der Waals surface area contributed by atoms with Crippen LogP contribution in [0.15, 0.2) is 48.0 Å². The van der Waals surface area contributed by atoms with Crippen molar-refractivity contribution in [3.63, 3.8) is 0 Å². The molecule has 0 heterocycles. The molecule has 2 rings (SSSR count). The summed E-state index contributed by atoms with van der Waals surface area (Å²) in [6.45, 7) is 0.192. The molecule has 9 heteroatoms. The highest BCUT2D eigenvalue weighted by molar-refractivity contribution is 6.03. The van der Waals surface area contributed by atoms with Gasteiger partial charge in [-0.2, -0.15) is 5.26 Å². The van der Waals surface area contributed by atoms with Gasteiger partial charge in [-0.05, 0) is 11.6 Å². The lowest BCUT2D eigenvalue weighted by atomic mass is 10.1. The number of likely N-dealkylation sites (N-methyl/N-ethyl adjacent to an activating group) is 1. The van der Waals surface area contributed by atoms with Gasteiger partial charge in [0.25, 0.3) is 5.91 Å². The van der Waals surface area contributed by atoms with Gasteiger partial charge in [0.2, 0.25) is 5.75 Å². The molecule has 2 N–H and O–H groups in total. The molecular formula is C19H17N3O6. The lowest BCUT2D eigenvalue weighted by Gasteiger charge is -2.17. The number of phenols is 1. The standard InChI is InChI=1S/C19H17N3O6/c1-21(11-12-6-4-3-5-7-12)19(25)14(10-20)17(23)13-8-15(22(26)27)18(24)16(9-13)28-2/h3-9,23-24H,11H2,1-2H3/b17-14-. The third kappa shape index (κ3) is 4.19. The number of carbonyl (C=O) groups excluding carboxylic acids is 1. The molecule has 1 amide bonds. The number of phenolic OH excluding ortho intramolecular Hbond substituents is 1. The van der Waals surface area contributed by atoms with Crippen LogP contribution in [0.2, 0.25) is 0 Å². The molecule has 0 radical (unpaired) electrons. The van der Waals surface area contributed by atoms with E-state index >= 15 is 0 Å². The molecule has 0 saturated heterocycles. The molecule has 0 saturated carbocycles. The van der Waals surface area contributed by atoms with E-state index in [1.807, 2.05) is 6.07 Å². The van der Waals surface area contributed by atoms with Gasteiger partial charge >= 0.3 is 5.69 Å². The van der Waals surface area contributed by atoms with Crippen molar-refractivity contribution in [3.8, 4) is 17.6 Å². The summed E-state index contributed by atoms with van der Waals surface area (Å²) < 4.78 is 4.86. The van der Waals surface area contributed by atoms with Gasteiger partial charge in [-0.25, -0.2) is 0 Å². The molecule has 0 unspecified atom stereocenters. The predicted octanol–water partition coefficient (Wildman–Crippen LogP) is 2.76. The van der Waals surface area contributed by atoms with Gasteiger partial charge in [-0.15, -0.1) is 0 Å². The molecule has 144 valence electrons. The molecule has 0 aromatic heterocycles. The summed E-state index contributed by atoms with van der Waals surface area (Å²) in [4.78, 5) is 24.1. The molecule has 0 aliphatic carbocycles. The zero-order valence-corrected chi connectivity index (χ0v) is 15.1. The molecule has 0 bridgehead atoms. The first-order chi connectivity index (χ1) is 13.3. The number of aromatic hydroxyl groups is 1. The van der Waals surface area contributed by atoms with Crippen molar-refractivity contribution in [2.75, 3.05) is 14.2 Å². The predicted molar refractivity (Wildman–Crippen MR) is 99.4 cm³/mol. The third-order valence-electron chi connectivity index (χ3n) is 3.92. The zero-order valence-electron chi connectivity index (χ0n) is 15.1. The van der Waals surface area contributed by atoms with Crippen molar-refractivity contribution in [3.05, 3.63) is 69.3 Å². The Morgan fingerprint density at radius 2 is 1.96 bits per heavy atom. The Labute approximate surface area is 160 Å². The number of hydrogen-bond donors (Lipinski definition) is 2. The Bertz CT molecular complexity index is 979. The molecule has 0 fully saturated rings.